The van der Waals surface area contributed by atoms with Gasteiger partial charge in [-0.1, -0.05) is 72.2 Å². The second kappa shape index (κ2) is 16.0. The van der Waals surface area contributed by atoms with Crippen LogP contribution in [-0.4, -0.2) is 57.0 Å². The molecule has 7 N–H and O–H groups in total. The lowest BCUT2D eigenvalue weighted by Crippen LogP contribution is -2.61. The number of amides is 1. The summed E-state index contributed by atoms with van der Waals surface area (Å²) < 4.78 is 0. The summed E-state index contributed by atoms with van der Waals surface area (Å²) in [5.41, 5.74) is 11.1. The van der Waals surface area contributed by atoms with Crippen molar-refractivity contribution in [2.45, 2.75) is 116 Å². The van der Waals surface area contributed by atoms with Gasteiger partial charge in [0.15, 0.2) is 5.78 Å². The second-order valence-corrected chi connectivity index (χ2v) is 15.5. The maximum atomic E-state index is 14.1. The van der Waals surface area contributed by atoms with E-state index in [4.69, 9.17) is 5.73 Å². The predicted molar refractivity (Wildman–Crippen MR) is 197 cm³/mol. The number of aliphatic hydroxyl groups excluding tert-OH is 3. The number of allylic oxidation sites excluding steroid dienone is 8. The fraction of sp³-hybridized carbons (Fsp3) is 0.571. The summed E-state index contributed by atoms with van der Waals surface area (Å²) in [5.74, 6) is -0.812. The van der Waals surface area contributed by atoms with Crippen LogP contribution in [0.5, 0.6) is 0 Å². The summed E-state index contributed by atoms with van der Waals surface area (Å²) in [7, 11) is 0. The summed E-state index contributed by atoms with van der Waals surface area (Å²) in [6, 6.07) is 5.64. The normalized spacial score (nSPS) is 31.8. The van der Waals surface area contributed by atoms with Crippen LogP contribution in [-0.2, 0) is 22.4 Å². The van der Waals surface area contributed by atoms with Gasteiger partial charge in [-0.05, 0) is 118 Å². The van der Waals surface area contributed by atoms with Gasteiger partial charge in [-0.2, -0.15) is 0 Å². The van der Waals surface area contributed by atoms with Crippen LogP contribution in [0.2, 0.25) is 0 Å². The summed E-state index contributed by atoms with van der Waals surface area (Å²) >= 11 is 0. The molecule has 272 valence electrons. The molecule has 50 heavy (non-hydrogen) atoms. The van der Waals surface area contributed by atoms with Gasteiger partial charge in [0.25, 0.3) is 0 Å². The maximum absolute atomic E-state index is 14.1. The van der Waals surface area contributed by atoms with Gasteiger partial charge in [-0.25, -0.2) is 0 Å². The monoisotopic (exact) mass is 686 g/mol. The molecular weight excluding hydrogens is 628 g/mol. The number of ketones is 1. The van der Waals surface area contributed by atoms with Crippen molar-refractivity contribution in [1.82, 2.24) is 5.32 Å². The highest BCUT2D eigenvalue weighted by atomic mass is 16.3. The molecule has 1 amide bonds. The minimum Gasteiger partial charge on any atom is -0.396 e. The van der Waals surface area contributed by atoms with Crippen LogP contribution < -0.4 is 11.1 Å². The largest absolute Gasteiger partial charge is 0.396 e. The van der Waals surface area contributed by atoms with Crippen molar-refractivity contribution in [1.29, 1.82) is 0 Å². The highest BCUT2D eigenvalue weighted by Gasteiger charge is 2.68. The molecule has 1 aromatic rings. The van der Waals surface area contributed by atoms with Crippen LogP contribution in [0.4, 0.5) is 0 Å². The number of nitrogens with two attached hydrogens (primary N) is 1. The van der Waals surface area contributed by atoms with Crippen molar-refractivity contribution in [3.63, 3.8) is 0 Å². The third-order valence-electron chi connectivity index (χ3n) is 12.3. The van der Waals surface area contributed by atoms with E-state index in [1.807, 2.05) is 43.4 Å². The molecule has 0 radical (unpaired) electrons. The first-order valence-corrected chi connectivity index (χ1v) is 18.6. The van der Waals surface area contributed by atoms with Crippen LogP contribution in [0, 0.1) is 23.2 Å². The second-order valence-electron chi connectivity index (χ2n) is 15.5. The zero-order valence-corrected chi connectivity index (χ0v) is 30.2. The molecule has 7 unspecified atom stereocenters. The third-order valence-corrected chi connectivity index (χ3v) is 12.3. The molecule has 3 fully saturated rings. The van der Waals surface area contributed by atoms with E-state index in [0.717, 1.165) is 59.1 Å². The summed E-state index contributed by atoms with van der Waals surface area (Å²) in [5, 5.41) is 48.6. The summed E-state index contributed by atoms with van der Waals surface area (Å²) in [6.07, 6.45) is 13.3. The Bertz CT molecular complexity index is 1580. The van der Waals surface area contributed by atoms with Crippen LogP contribution in [0.25, 0.3) is 0 Å². The number of hydrogen-bond donors (Lipinski definition) is 6. The molecule has 5 rings (SSSR count). The number of hydrogen-bond acceptors (Lipinski definition) is 7. The highest BCUT2D eigenvalue weighted by Crippen LogP contribution is 2.67. The van der Waals surface area contributed by atoms with Crippen LogP contribution >= 0.6 is 0 Å². The van der Waals surface area contributed by atoms with Gasteiger partial charge in [-0.15, -0.1) is 0 Å². The van der Waals surface area contributed by atoms with Gasteiger partial charge in [0.2, 0.25) is 5.91 Å². The first-order valence-electron chi connectivity index (χ1n) is 18.6. The smallest absolute Gasteiger partial charge is 0.225 e. The Morgan fingerprint density at radius 1 is 1.18 bits per heavy atom. The van der Waals surface area contributed by atoms with Gasteiger partial charge in [0.05, 0.1) is 24.7 Å². The lowest BCUT2D eigenvalue weighted by molar-refractivity contribution is -0.181. The molecule has 1 aromatic carbocycles. The topological polar surface area (TPSA) is 153 Å². The fourth-order valence-electron chi connectivity index (χ4n) is 9.92. The van der Waals surface area contributed by atoms with Crippen molar-refractivity contribution in [2.75, 3.05) is 13.2 Å². The number of fused-ring (bicyclic) bond motifs is 2. The van der Waals surface area contributed by atoms with Crippen molar-refractivity contribution in [2.24, 2.45) is 28.9 Å². The van der Waals surface area contributed by atoms with Gasteiger partial charge in [-0.3, -0.25) is 9.59 Å². The maximum Gasteiger partial charge on any atom is 0.225 e. The molecule has 8 nitrogen and oxygen atoms in total. The first-order chi connectivity index (χ1) is 23.9. The predicted octanol–water partition coefficient (Wildman–Crippen LogP) is 5.60. The minimum absolute atomic E-state index is 0.0310. The molecule has 2 bridgehead atoms. The number of nitrogens with one attached hydrogen (secondary N) is 1. The lowest BCUT2D eigenvalue weighted by atomic mass is 9.51. The van der Waals surface area contributed by atoms with Crippen molar-refractivity contribution < 1.29 is 30.0 Å². The minimum atomic E-state index is -1.14. The van der Waals surface area contributed by atoms with E-state index in [0.29, 0.717) is 44.1 Å². The van der Waals surface area contributed by atoms with Crippen molar-refractivity contribution >= 4 is 11.7 Å². The summed E-state index contributed by atoms with van der Waals surface area (Å²) in [4.78, 5) is 26.5. The van der Waals surface area contributed by atoms with Crippen molar-refractivity contribution in [3.8, 4) is 0 Å². The molecule has 1 aliphatic heterocycles. The molecule has 1 spiro atoms. The molecule has 4 aliphatic rings. The van der Waals surface area contributed by atoms with E-state index < -0.39 is 23.3 Å². The molecule has 7 atom stereocenters. The van der Waals surface area contributed by atoms with E-state index in [2.05, 4.69) is 31.8 Å². The number of rotatable bonds is 13. The molecule has 8 heteroatoms. The zero-order chi connectivity index (χ0) is 36.2. The Morgan fingerprint density at radius 2 is 1.96 bits per heavy atom. The van der Waals surface area contributed by atoms with Crippen LogP contribution in [0.1, 0.15) is 108 Å². The lowest BCUT2D eigenvalue weighted by Gasteiger charge is -2.57. The molecule has 3 saturated carbocycles. The average molecular weight is 687 g/mol. The third kappa shape index (κ3) is 7.42. The van der Waals surface area contributed by atoms with E-state index >= 15 is 0 Å². The van der Waals surface area contributed by atoms with E-state index in [-0.39, 0.29) is 55.5 Å². The molecule has 1 heterocycles. The quantitative estimate of drug-likeness (QED) is 0.0897. The van der Waals surface area contributed by atoms with Gasteiger partial charge < -0.3 is 31.5 Å². The SMILES string of the molecule is C=C(C=CC=C(CO)C1C2CCCC3(O)CCC(=C(C)C(=O)Cc4cccc5c4CC(=O)NC5N)C(CCCO)C3(C2)C1O)CCC=C(C)C. The number of carbonyl (C=O) groups excluding carboxylic acids is 2. The highest BCUT2D eigenvalue weighted by molar-refractivity contribution is 5.97. The van der Waals surface area contributed by atoms with E-state index in [1.165, 1.54) is 5.57 Å². The molecule has 0 aromatic heterocycles. The number of aliphatic hydroxyl groups is 4. The Labute approximate surface area is 297 Å². The van der Waals surface area contributed by atoms with Crippen LogP contribution in [0.15, 0.2) is 76.9 Å². The summed E-state index contributed by atoms with van der Waals surface area (Å²) in [6.45, 7) is 9.96. The Kier molecular flexibility index (Phi) is 12.2. The first kappa shape index (κ1) is 38.1. The molecule has 0 saturated heterocycles. The Hall–Kier alpha value is -3.14. The fourth-order valence-corrected chi connectivity index (χ4v) is 9.92. The van der Waals surface area contributed by atoms with Gasteiger partial charge in [0, 0.05) is 24.4 Å². The molecule has 3 aliphatic carbocycles. The van der Waals surface area contributed by atoms with Crippen molar-refractivity contribution in [3.05, 3.63) is 93.6 Å². The van der Waals surface area contributed by atoms with Crippen LogP contribution in [0.3, 0.4) is 0 Å². The van der Waals surface area contributed by atoms with Gasteiger partial charge in [0.1, 0.15) is 6.17 Å². The standard InChI is InChI=1S/C42H58N2O6/c1-26(2)10-5-11-27(3)12-6-14-31(25-46)38-30-15-8-19-41(50)20-18-32(35(17-9-21-45)42(41,24-30)39(38)49)28(4)36(47)22-29-13-7-16-33-34(29)23-37(48)44-40(33)43/h6-7,10,12-14,16,30,35,38-40,45-46,49-50H,3,5,8-9,11,15,17-25,43H2,1-2,4H3,(H,44,48). The van der Waals surface area contributed by atoms with Gasteiger partial charge >= 0.3 is 0 Å². The zero-order valence-electron chi connectivity index (χ0n) is 30.2. The Balaban J connectivity index is 1.49. The number of Topliss-reactive ketones (excluding diaryl/α,β-unsaturated/α-hetero) is 1. The molecular formula is C42H58N2O6. The number of carbonyl (C=O) groups is 2. The average Bonchev–Trinajstić information content (AvgIpc) is 3.25. The Morgan fingerprint density at radius 3 is 2.68 bits per heavy atom. The van der Waals surface area contributed by atoms with E-state index in [1.54, 1.807) is 0 Å². The van der Waals surface area contributed by atoms with E-state index in [9.17, 15) is 30.0 Å². The number of benzene rings is 1.